The largest absolute Gasteiger partial charge is 0.346 e. The molecule has 0 bridgehead atoms. The van der Waals surface area contributed by atoms with Crippen LogP contribution in [0.15, 0.2) is 41.8 Å². The number of aryl methyl sites for hydroxylation is 1. The summed E-state index contributed by atoms with van der Waals surface area (Å²) < 4.78 is 23.4. The molecule has 24 heavy (non-hydrogen) atoms. The van der Waals surface area contributed by atoms with Crippen LogP contribution < -0.4 is 5.14 Å². The molecule has 0 aromatic carbocycles. The summed E-state index contributed by atoms with van der Waals surface area (Å²) in [6.07, 6.45) is 7.64. The highest BCUT2D eigenvalue weighted by molar-refractivity contribution is 7.89. The van der Waals surface area contributed by atoms with E-state index in [1.54, 1.807) is 18.5 Å². The molecule has 8 heteroatoms. The molecule has 122 valence electrons. The van der Waals surface area contributed by atoms with E-state index in [9.17, 15) is 8.42 Å². The predicted octanol–water partition coefficient (Wildman–Crippen LogP) is 2.32. The molecule has 4 rings (SSSR count). The lowest BCUT2D eigenvalue weighted by atomic mass is 10.1. The first-order chi connectivity index (χ1) is 11.5. The standard InChI is InChI=1S/C16H15N5O2S/c1-2-9-5-18-15-12(9)3-10(6-19-15)11-4-13-14(24(17,22)23)8-21-16(13)20-7-11/h3-8H,2H2,1H3,(H,18,19)(H,20,21)(H2,17,22,23). The fraction of sp³-hybridized carbons (Fsp3) is 0.125. The minimum absolute atomic E-state index is 0.0387. The van der Waals surface area contributed by atoms with Gasteiger partial charge in [0.2, 0.25) is 10.0 Å². The summed E-state index contributed by atoms with van der Waals surface area (Å²) in [7, 11) is -3.81. The summed E-state index contributed by atoms with van der Waals surface area (Å²) in [6, 6.07) is 3.80. The zero-order valence-electron chi connectivity index (χ0n) is 12.9. The Morgan fingerprint density at radius 2 is 1.58 bits per heavy atom. The van der Waals surface area contributed by atoms with E-state index in [0.717, 1.165) is 28.6 Å². The fourth-order valence-corrected chi connectivity index (χ4v) is 3.57. The molecule has 0 unspecified atom stereocenters. The van der Waals surface area contributed by atoms with Gasteiger partial charge in [-0.2, -0.15) is 0 Å². The van der Waals surface area contributed by atoms with Gasteiger partial charge < -0.3 is 9.97 Å². The van der Waals surface area contributed by atoms with Gasteiger partial charge in [0.1, 0.15) is 16.2 Å². The summed E-state index contributed by atoms with van der Waals surface area (Å²) in [5.41, 5.74) is 4.14. The summed E-state index contributed by atoms with van der Waals surface area (Å²) in [5, 5.41) is 6.79. The molecule has 0 fully saturated rings. The highest BCUT2D eigenvalue weighted by Crippen LogP contribution is 2.28. The molecule has 4 heterocycles. The zero-order chi connectivity index (χ0) is 16.9. The van der Waals surface area contributed by atoms with E-state index in [-0.39, 0.29) is 4.90 Å². The van der Waals surface area contributed by atoms with Crippen LogP contribution in [0.3, 0.4) is 0 Å². The lowest BCUT2D eigenvalue weighted by Crippen LogP contribution is -2.11. The van der Waals surface area contributed by atoms with E-state index < -0.39 is 10.0 Å². The number of primary sulfonamides is 1. The Morgan fingerprint density at radius 1 is 1.00 bits per heavy atom. The van der Waals surface area contributed by atoms with E-state index in [2.05, 4.69) is 26.9 Å². The molecule has 0 amide bonds. The second-order valence-corrected chi connectivity index (χ2v) is 7.14. The number of rotatable bonds is 3. The van der Waals surface area contributed by atoms with Gasteiger partial charge in [0, 0.05) is 46.7 Å². The Kier molecular flexibility index (Phi) is 3.19. The van der Waals surface area contributed by atoms with Crippen molar-refractivity contribution in [1.82, 2.24) is 19.9 Å². The van der Waals surface area contributed by atoms with E-state index in [1.807, 2.05) is 12.3 Å². The molecule has 0 aliphatic heterocycles. The van der Waals surface area contributed by atoms with E-state index in [4.69, 9.17) is 5.14 Å². The van der Waals surface area contributed by atoms with Gasteiger partial charge >= 0.3 is 0 Å². The van der Waals surface area contributed by atoms with Crippen molar-refractivity contribution in [3.8, 4) is 11.1 Å². The molecule has 4 aromatic rings. The summed E-state index contributed by atoms with van der Waals surface area (Å²) >= 11 is 0. The molecule has 0 aliphatic carbocycles. The highest BCUT2D eigenvalue weighted by Gasteiger charge is 2.16. The van der Waals surface area contributed by atoms with Crippen molar-refractivity contribution in [2.24, 2.45) is 5.14 Å². The first kappa shape index (κ1) is 14.9. The van der Waals surface area contributed by atoms with Crippen LogP contribution in [0.4, 0.5) is 0 Å². The van der Waals surface area contributed by atoms with Gasteiger partial charge in [-0.1, -0.05) is 6.92 Å². The maximum absolute atomic E-state index is 11.7. The molecule has 0 aliphatic rings. The smallest absolute Gasteiger partial charge is 0.240 e. The van der Waals surface area contributed by atoms with E-state index >= 15 is 0 Å². The maximum atomic E-state index is 11.7. The van der Waals surface area contributed by atoms with Crippen molar-refractivity contribution >= 4 is 32.1 Å². The van der Waals surface area contributed by atoms with E-state index in [1.165, 1.54) is 11.8 Å². The van der Waals surface area contributed by atoms with Crippen LogP contribution >= 0.6 is 0 Å². The average Bonchev–Trinajstić information content (AvgIpc) is 3.16. The van der Waals surface area contributed by atoms with Crippen molar-refractivity contribution in [3.05, 3.63) is 42.5 Å². The maximum Gasteiger partial charge on any atom is 0.240 e. The number of nitrogens with zero attached hydrogens (tertiary/aromatic N) is 2. The lowest BCUT2D eigenvalue weighted by Gasteiger charge is -2.03. The van der Waals surface area contributed by atoms with Crippen molar-refractivity contribution < 1.29 is 8.42 Å². The van der Waals surface area contributed by atoms with Crippen LogP contribution in [0, 0.1) is 0 Å². The molecule has 0 radical (unpaired) electrons. The van der Waals surface area contributed by atoms with Crippen molar-refractivity contribution in [2.75, 3.05) is 0 Å². The quantitative estimate of drug-likeness (QED) is 0.530. The lowest BCUT2D eigenvalue weighted by molar-refractivity contribution is 0.598. The van der Waals surface area contributed by atoms with Gasteiger partial charge in [-0.3, -0.25) is 0 Å². The Morgan fingerprint density at radius 3 is 2.21 bits per heavy atom. The third kappa shape index (κ3) is 2.27. The number of pyridine rings is 2. The first-order valence-corrected chi connectivity index (χ1v) is 8.98. The minimum Gasteiger partial charge on any atom is -0.346 e. The summed E-state index contributed by atoms with van der Waals surface area (Å²) in [6.45, 7) is 2.08. The number of nitrogens with one attached hydrogen (secondary N) is 2. The normalized spacial score (nSPS) is 12.2. The van der Waals surface area contributed by atoms with Crippen LogP contribution in [0.25, 0.3) is 33.2 Å². The fourth-order valence-electron chi connectivity index (χ4n) is 2.88. The van der Waals surface area contributed by atoms with Crippen LogP contribution in [0.5, 0.6) is 0 Å². The third-order valence-electron chi connectivity index (χ3n) is 4.13. The number of aromatic amines is 2. The summed E-state index contributed by atoms with van der Waals surface area (Å²) in [5.74, 6) is 0. The number of aromatic nitrogens is 4. The predicted molar refractivity (Wildman–Crippen MR) is 91.9 cm³/mol. The van der Waals surface area contributed by atoms with Gasteiger partial charge in [0.15, 0.2) is 0 Å². The number of nitrogens with two attached hydrogens (primary N) is 1. The second-order valence-electron chi connectivity index (χ2n) is 5.61. The third-order valence-corrected chi connectivity index (χ3v) is 5.08. The zero-order valence-corrected chi connectivity index (χ0v) is 13.7. The molecular weight excluding hydrogens is 326 g/mol. The molecule has 4 N–H and O–H groups in total. The Hall–Kier alpha value is -2.71. The van der Waals surface area contributed by atoms with Gasteiger partial charge in [-0.05, 0) is 24.1 Å². The number of sulfonamides is 1. The molecule has 7 nitrogen and oxygen atoms in total. The second kappa shape index (κ2) is 5.15. The number of hydrogen-bond acceptors (Lipinski definition) is 4. The molecule has 0 atom stereocenters. The monoisotopic (exact) mass is 341 g/mol. The Balaban J connectivity index is 1.93. The van der Waals surface area contributed by atoms with Crippen LogP contribution in [0.2, 0.25) is 0 Å². The van der Waals surface area contributed by atoms with Crippen LogP contribution in [0.1, 0.15) is 12.5 Å². The Labute approximate surface area is 138 Å². The molecule has 0 saturated heterocycles. The van der Waals surface area contributed by atoms with Gasteiger partial charge in [-0.25, -0.2) is 23.5 Å². The molecule has 4 aromatic heterocycles. The van der Waals surface area contributed by atoms with E-state index in [0.29, 0.717) is 11.0 Å². The topological polar surface area (TPSA) is 118 Å². The molecule has 0 saturated carbocycles. The Bertz CT molecular complexity index is 1170. The first-order valence-electron chi connectivity index (χ1n) is 7.43. The van der Waals surface area contributed by atoms with Gasteiger partial charge in [-0.15, -0.1) is 0 Å². The number of H-pyrrole nitrogens is 2. The van der Waals surface area contributed by atoms with Crippen molar-refractivity contribution in [3.63, 3.8) is 0 Å². The van der Waals surface area contributed by atoms with Crippen LogP contribution in [-0.4, -0.2) is 28.4 Å². The SMILES string of the molecule is CCc1c[nH]c2ncc(-c3cnc4[nH]cc(S(N)(=O)=O)c4c3)cc12. The van der Waals surface area contributed by atoms with Crippen molar-refractivity contribution in [2.45, 2.75) is 18.2 Å². The molecular formula is C16H15N5O2S. The minimum atomic E-state index is -3.81. The number of hydrogen-bond donors (Lipinski definition) is 3. The number of fused-ring (bicyclic) bond motifs is 2. The van der Waals surface area contributed by atoms with Crippen LogP contribution in [-0.2, 0) is 16.4 Å². The average molecular weight is 341 g/mol. The van der Waals surface area contributed by atoms with Gasteiger partial charge in [0.05, 0.1) is 0 Å². The van der Waals surface area contributed by atoms with Gasteiger partial charge in [0.25, 0.3) is 0 Å². The van der Waals surface area contributed by atoms with Crippen molar-refractivity contribution in [1.29, 1.82) is 0 Å². The summed E-state index contributed by atoms with van der Waals surface area (Å²) in [4.78, 5) is 14.7. The highest BCUT2D eigenvalue weighted by atomic mass is 32.2. The molecule has 0 spiro atoms.